The minimum atomic E-state index is -0.841. The van der Waals surface area contributed by atoms with Gasteiger partial charge in [0.2, 0.25) is 0 Å². The van der Waals surface area contributed by atoms with Gasteiger partial charge in [-0.05, 0) is 29.3 Å². The Labute approximate surface area is 198 Å². The highest BCUT2D eigenvalue weighted by Crippen LogP contribution is 2.34. The number of hydrogen-bond acceptors (Lipinski definition) is 3. The quantitative estimate of drug-likeness (QED) is 0.408. The second kappa shape index (κ2) is 9.40. The number of halogens is 1. The highest BCUT2D eigenvalue weighted by molar-refractivity contribution is 6.31. The number of piperazine rings is 1. The third-order valence-electron chi connectivity index (χ3n) is 6.51. The van der Waals surface area contributed by atoms with Gasteiger partial charge in [0.25, 0.3) is 0 Å². The number of aliphatic carboxylic acids is 1. The Balaban J connectivity index is 1.40. The van der Waals surface area contributed by atoms with Crippen LogP contribution in [0.5, 0.6) is 0 Å². The van der Waals surface area contributed by atoms with Gasteiger partial charge in [-0.15, -0.1) is 0 Å². The smallest absolute Gasteiger partial charge is 0.325 e. The first-order valence-electron chi connectivity index (χ1n) is 11.2. The summed E-state index contributed by atoms with van der Waals surface area (Å²) in [6, 6.07) is 26.0. The molecule has 0 amide bonds. The number of fused-ring (bicyclic) bond motifs is 1. The molecule has 6 heteroatoms. The zero-order valence-corrected chi connectivity index (χ0v) is 18.9. The fraction of sp³-hybridized carbons (Fsp3) is 0.222. The predicted molar refractivity (Wildman–Crippen MR) is 132 cm³/mol. The molecule has 1 saturated heterocycles. The summed E-state index contributed by atoms with van der Waals surface area (Å²) in [5.74, 6) is -0.841. The van der Waals surface area contributed by atoms with E-state index in [-0.39, 0.29) is 6.04 Å². The molecule has 0 aliphatic carbocycles. The number of nitrogens with zero attached hydrogens (tertiary/aromatic N) is 2. The highest BCUT2D eigenvalue weighted by Gasteiger charge is 2.34. The Morgan fingerprint density at radius 3 is 2.00 bits per heavy atom. The maximum absolute atomic E-state index is 12.4. The number of aromatic amines is 1. The maximum Gasteiger partial charge on any atom is 0.325 e. The topological polar surface area (TPSA) is 59.6 Å². The maximum atomic E-state index is 12.4. The van der Waals surface area contributed by atoms with Crippen molar-refractivity contribution >= 4 is 28.5 Å². The minimum absolute atomic E-state index is 0.143. The molecular weight excluding hydrogens is 434 g/mol. The third kappa shape index (κ3) is 4.40. The molecule has 5 rings (SSSR count). The lowest BCUT2D eigenvalue weighted by Gasteiger charge is -2.41. The number of carbonyl (C=O) groups is 1. The van der Waals surface area contributed by atoms with Gasteiger partial charge in [0.15, 0.2) is 0 Å². The first kappa shape index (κ1) is 21.7. The van der Waals surface area contributed by atoms with Crippen LogP contribution in [0.15, 0.2) is 85.1 Å². The summed E-state index contributed by atoms with van der Waals surface area (Å²) in [4.78, 5) is 20.1. The van der Waals surface area contributed by atoms with E-state index in [0.717, 1.165) is 29.6 Å². The number of carboxylic acids is 1. The van der Waals surface area contributed by atoms with Crippen LogP contribution >= 0.6 is 11.6 Å². The number of aromatic nitrogens is 1. The van der Waals surface area contributed by atoms with E-state index in [4.69, 9.17) is 11.6 Å². The van der Waals surface area contributed by atoms with Crippen molar-refractivity contribution in [3.05, 3.63) is 107 Å². The van der Waals surface area contributed by atoms with E-state index in [1.165, 1.54) is 11.1 Å². The molecule has 3 aromatic carbocycles. The van der Waals surface area contributed by atoms with Crippen molar-refractivity contribution in [1.29, 1.82) is 0 Å². The van der Waals surface area contributed by atoms with Crippen LogP contribution in [0.2, 0.25) is 5.02 Å². The summed E-state index contributed by atoms with van der Waals surface area (Å²) in [6.07, 6.45) is 1.81. The molecule has 2 N–H and O–H groups in total. The van der Waals surface area contributed by atoms with Gasteiger partial charge >= 0.3 is 5.97 Å². The zero-order valence-electron chi connectivity index (χ0n) is 18.2. The highest BCUT2D eigenvalue weighted by atomic mass is 35.5. The van der Waals surface area contributed by atoms with Crippen LogP contribution < -0.4 is 0 Å². The molecule has 2 heterocycles. The van der Waals surface area contributed by atoms with Gasteiger partial charge in [0, 0.05) is 53.9 Å². The van der Waals surface area contributed by atoms with Crippen LogP contribution in [-0.4, -0.2) is 52.0 Å². The fourth-order valence-electron chi connectivity index (χ4n) is 4.97. The Bertz CT molecular complexity index is 1190. The van der Waals surface area contributed by atoms with Crippen molar-refractivity contribution in [2.75, 3.05) is 26.2 Å². The van der Waals surface area contributed by atoms with Crippen molar-refractivity contribution in [2.45, 2.75) is 12.1 Å². The van der Waals surface area contributed by atoms with E-state index in [9.17, 15) is 9.90 Å². The largest absolute Gasteiger partial charge is 0.480 e. The molecule has 0 bridgehead atoms. The van der Waals surface area contributed by atoms with Gasteiger partial charge in [0.05, 0.1) is 6.04 Å². The molecule has 0 radical (unpaired) electrons. The van der Waals surface area contributed by atoms with E-state index in [0.29, 0.717) is 18.1 Å². The molecule has 4 aromatic rings. The molecular formula is C27H26ClN3O2. The van der Waals surface area contributed by atoms with Gasteiger partial charge in [-0.1, -0.05) is 72.3 Å². The SMILES string of the molecule is O=C(O)C(c1c[nH]c2ccc(Cl)cc12)N1CCN(C(c2ccccc2)c2ccccc2)CC1. The van der Waals surface area contributed by atoms with E-state index < -0.39 is 12.0 Å². The second-order valence-electron chi connectivity index (χ2n) is 8.47. The van der Waals surface area contributed by atoms with E-state index in [2.05, 4.69) is 63.3 Å². The Morgan fingerprint density at radius 1 is 0.848 bits per heavy atom. The number of carboxylic acid groups (broad SMARTS) is 1. The van der Waals surface area contributed by atoms with Crippen molar-refractivity contribution in [1.82, 2.24) is 14.8 Å². The number of benzene rings is 3. The summed E-state index contributed by atoms with van der Waals surface area (Å²) < 4.78 is 0. The van der Waals surface area contributed by atoms with Gasteiger partial charge in [-0.25, -0.2) is 0 Å². The Kier molecular flexibility index (Phi) is 6.18. The lowest BCUT2D eigenvalue weighted by molar-refractivity contribution is -0.144. The monoisotopic (exact) mass is 459 g/mol. The van der Waals surface area contributed by atoms with Crippen LogP contribution in [0.1, 0.15) is 28.8 Å². The molecule has 1 aliphatic rings. The first-order chi connectivity index (χ1) is 16.1. The van der Waals surface area contributed by atoms with Crippen molar-refractivity contribution in [3.8, 4) is 0 Å². The third-order valence-corrected chi connectivity index (χ3v) is 6.75. The average Bonchev–Trinajstić information content (AvgIpc) is 3.24. The van der Waals surface area contributed by atoms with E-state index in [1.807, 2.05) is 36.5 Å². The zero-order chi connectivity index (χ0) is 22.8. The molecule has 1 aromatic heterocycles. The molecule has 0 spiro atoms. The summed E-state index contributed by atoms with van der Waals surface area (Å²) >= 11 is 6.21. The summed E-state index contributed by atoms with van der Waals surface area (Å²) in [6.45, 7) is 2.89. The van der Waals surface area contributed by atoms with Crippen LogP contribution in [0.3, 0.4) is 0 Å². The fourth-order valence-corrected chi connectivity index (χ4v) is 5.14. The van der Waals surface area contributed by atoms with Gasteiger partial charge in [-0.2, -0.15) is 0 Å². The van der Waals surface area contributed by atoms with Crippen molar-refractivity contribution < 1.29 is 9.90 Å². The van der Waals surface area contributed by atoms with Crippen LogP contribution in [-0.2, 0) is 4.79 Å². The van der Waals surface area contributed by atoms with E-state index >= 15 is 0 Å². The van der Waals surface area contributed by atoms with Crippen LogP contribution in [0.4, 0.5) is 0 Å². The molecule has 168 valence electrons. The second-order valence-corrected chi connectivity index (χ2v) is 8.91. The number of rotatable bonds is 6. The molecule has 1 aliphatic heterocycles. The first-order valence-corrected chi connectivity index (χ1v) is 11.6. The number of H-pyrrole nitrogens is 1. The molecule has 1 fully saturated rings. The Hall–Kier alpha value is -3.12. The Morgan fingerprint density at radius 2 is 1.42 bits per heavy atom. The predicted octanol–water partition coefficient (Wildman–Crippen LogP) is 5.35. The van der Waals surface area contributed by atoms with Crippen molar-refractivity contribution in [3.63, 3.8) is 0 Å². The summed E-state index contributed by atoms with van der Waals surface area (Å²) in [5, 5.41) is 11.6. The summed E-state index contributed by atoms with van der Waals surface area (Å²) in [7, 11) is 0. The molecule has 1 unspecified atom stereocenters. The lowest BCUT2D eigenvalue weighted by atomic mass is 9.96. The van der Waals surface area contributed by atoms with Crippen LogP contribution in [0.25, 0.3) is 10.9 Å². The molecule has 0 saturated carbocycles. The summed E-state index contributed by atoms with van der Waals surface area (Å²) in [5.41, 5.74) is 4.15. The normalized spacial score (nSPS) is 16.3. The standard InChI is InChI=1S/C27H26ClN3O2/c28-21-11-12-24-22(17-21)23(18-29-24)26(27(32)33)31-15-13-30(14-16-31)25(19-7-3-1-4-8-19)20-9-5-2-6-10-20/h1-12,17-18,25-26,29H,13-16H2,(H,32,33). The minimum Gasteiger partial charge on any atom is -0.480 e. The molecule has 1 atom stereocenters. The number of nitrogens with one attached hydrogen (secondary N) is 1. The van der Waals surface area contributed by atoms with E-state index in [1.54, 1.807) is 0 Å². The van der Waals surface area contributed by atoms with Gasteiger partial charge < -0.3 is 10.1 Å². The molecule has 33 heavy (non-hydrogen) atoms. The van der Waals surface area contributed by atoms with Gasteiger partial charge in [-0.3, -0.25) is 14.6 Å². The average molecular weight is 460 g/mol. The van der Waals surface area contributed by atoms with Crippen molar-refractivity contribution in [2.24, 2.45) is 0 Å². The van der Waals surface area contributed by atoms with Crippen LogP contribution in [0, 0.1) is 0 Å². The van der Waals surface area contributed by atoms with Gasteiger partial charge in [0.1, 0.15) is 6.04 Å². The number of hydrogen-bond donors (Lipinski definition) is 2. The lowest BCUT2D eigenvalue weighted by Crippen LogP contribution is -2.50. The molecule has 5 nitrogen and oxygen atoms in total.